The van der Waals surface area contributed by atoms with Gasteiger partial charge in [-0.25, -0.2) is 4.39 Å². The first-order chi connectivity index (χ1) is 7.68. The molecule has 0 fully saturated rings. The Balaban J connectivity index is 2.45. The summed E-state index contributed by atoms with van der Waals surface area (Å²) in [7, 11) is 0. The molecule has 16 heavy (non-hydrogen) atoms. The van der Waals surface area contributed by atoms with E-state index in [0.717, 1.165) is 11.1 Å². The van der Waals surface area contributed by atoms with Crippen LogP contribution >= 0.6 is 11.6 Å². The van der Waals surface area contributed by atoms with Crippen LogP contribution in [0.1, 0.15) is 17.9 Å². The maximum atomic E-state index is 13.8. The van der Waals surface area contributed by atoms with Gasteiger partial charge in [-0.3, -0.25) is 0 Å². The second-order valence-electron chi connectivity index (χ2n) is 3.72. The summed E-state index contributed by atoms with van der Waals surface area (Å²) in [6, 6.07) is 14.6. The van der Waals surface area contributed by atoms with E-state index in [1.54, 1.807) is 6.07 Å². The van der Waals surface area contributed by atoms with Crippen molar-refractivity contribution in [2.75, 3.05) is 0 Å². The smallest absolute Gasteiger partial charge is 0.131 e. The van der Waals surface area contributed by atoms with Crippen molar-refractivity contribution in [1.82, 2.24) is 0 Å². The van der Waals surface area contributed by atoms with Crippen molar-refractivity contribution in [3.63, 3.8) is 0 Å². The molecule has 2 aromatic rings. The fourth-order valence-corrected chi connectivity index (χ4v) is 1.77. The Morgan fingerprint density at radius 2 is 1.75 bits per heavy atom. The number of alkyl halides is 1. The van der Waals surface area contributed by atoms with E-state index in [0.29, 0.717) is 5.56 Å². The van der Waals surface area contributed by atoms with Gasteiger partial charge in [0.25, 0.3) is 0 Å². The van der Waals surface area contributed by atoms with Crippen molar-refractivity contribution >= 4 is 11.6 Å². The van der Waals surface area contributed by atoms with Crippen LogP contribution in [0.2, 0.25) is 0 Å². The zero-order valence-corrected chi connectivity index (χ0v) is 9.71. The first-order valence-electron chi connectivity index (χ1n) is 5.17. The standard InChI is InChI=1S/C14H12ClF/c1-10(15)12-7-8-13(14(16)9-12)11-5-3-2-4-6-11/h2-10H,1H3. The Kier molecular flexibility index (Phi) is 3.25. The fraction of sp³-hybridized carbons (Fsp3) is 0.143. The summed E-state index contributed by atoms with van der Waals surface area (Å²) in [5.74, 6) is -0.226. The Morgan fingerprint density at radius 3 is 2.31 bits per heavy atom. The van der Waals surface area contributed by atoms with E-state index < -0.39 is 0 Å². The predicted molar refractivity (Wildman–Crippen MR) is 66.1 cm³/mol. The van der Waals surface area contributed by atoms with Gasteiger partial charge >= 0.3 is 0 Å². The molecule has 0 heterocycles. The quantitative estimate of drug-likeness (QED) is 0.656. The van der Waals surface area contributed by atoms with E-state index in [1.165, 1.54) is 6.07 Å². The molecule has 0 aliphatic rings. The molecule has 0 N–H and O–H groups in total. The molecular formula is C14H12ClF. The summed E-state index contributed by atoms with van der Waals surface area (Å²) in [6.07, 6.45) is 0. The highest BCUT2D eigenvalue weighted by Crippen LogP contribution is 2.27. The highest BCUT2D eigenvalue weighted by molar-refractivity contribution is 6.20. The van der Waals surface area contributed by atoms with E-state index in [-0.39, 0.29) is 11.2 Å². The van der Waals surface area contributed by atoms with Crippen LogP contribution in [-0.2, 0) is 0 Å². The van der Waals surface area contributed by atoms with Gasteiger partial charge in [0.05, 0.1) is 5.38 Å². The summed E-state index contributed by atoms with van der Waals surface area (Å²) in [4.78, 5) is 0. The summed E-state index contributed by atoms with van der Waals surface area (Å²) in [6.45, 7) is 1.83. The molecule has 0 amide bonds. The molecule has 2 rings (SSSR count). The first kappa shape index (κ1) is 11.2. The zero-order chi connectivity index (χ0) is 11.5. The second kappa shape index (κ2) is 4.67. The molecule has 0 saturated heterocycles. The lowest BCUT2D eigenvalue weighted by Gasteiger charge is -2.07. The molecule has 0 nitrogen and oxygen atoms in total. The van der Waals surface area contributed by atoms with Gasteiger partial charge in [-0.15, -0.1) is 11.6 Å². The maximum absolute atomic E-state index is 13.8. The molecule has 1 atom stereocenters. The van der Waals surface area contributed by atoms with Gasteiger partial charge in [0.1, 0.15) is 5.82 Å². The molecule has 0 saturated carbocycles. The molecule has 0 aromatic heterocycles. The van der Waals surface area contributed by atoms with Gasteiger partial charge in [0, 0.05) is 5.56 Å². The molecule has 0 radical (unpaired) electrons. The molecule has 0 aliphatic heterocycles. The average Bonchev–Trinajstić information content (AvgIpc) is 2.30. The summed E-state index contributed by atoms with van der Waals surface area (Å²) >= 11 is 5.91. The lowest BCUT2D eigenvalue weighted by atomic mass is 10.0. The highest BCUT2D eigenvalue weighted by atomic mass is 35.5. The van der Waals surface area contributed by atoms with Crippen LogP contribution in [0.4, 0.5) is 4.39 Å². The fourth-order valence-electron chi connectivity index (χ4n) is 1.63. The zero-order valence-electron chi connectivity index (χ0n) is 8.95. The minimum absolute atomic E-state index is 0.167. The normalized spacial score (nSPS) is 12.4. The van der Waals surface area contributed by atoms with Crippen LogP contribution in [0.5, 0.6) is 0 Å². The van der Waals surface area contributed by atoms with Gasteiger partial charge in [-0.05, 0) is 24.1 Å². The first-order valence-corrected chi connectivity index (χ1v) is 5.61. The van der Waals surface area contributed by atoms with Crippen molar-refractivity contribution < 1.29 is 4.39 Å². The minimum Gasteiger partial charge on any atom is -0.206 e. The third-order valence-electron chi connectivity index (χ3n) is 2.54. The van der Waals surface area contributed by atoms with Gasteiger partial charge in [0.2, 0.25) is 0 Å². The molecule has 0 spiro atoms. The Morgan fingerprint density at radius 1 is 1.06 bits per heavy atom. The summed E-state index contributed by atoms with van der Waals surface area (Å²) in [5, 5.41) is -0.167. The molecule has 1 unspecified atom stereocenters. The van der Waals surface area contributed by atoms with Crippen molar-refractivity contribution in [2.45, 2.75) is 12.3 Å². The number of rotatable bonds is 2. The third-order valence-corrected chi connectivity index (χ3v) is 2.79. The largest absolute Gasteiger partial charge is 0.206 e. The number of halogens is 2. The minimum atomic E-state index is -0.226. The van der Waals surface area contributed by atoms with Gasteiger partial charge in [0.15, 0.2) is 0 Å². The number of benzene rings is 2. The van der Waals surface area contributed by atoms with Crippen molar-refractivity contribution in [3.05, 3.63) is 59.9 Å². The molecular weight excluding hydrogens is 223 g/mol. The molecule has 2 aromatic carbocycles. The van der Waals surface area contributed by atoms with Gasteiger partial charge in [-0.1, -0.05) is 42.5 Å². The van der Waals surface area contributed by atoms with Crippen molar-refractivity contribution in [3.8, 4) is 11.1 Å². The van der Waals surface area contributed by atoms with Crippen molar-refractivity contribution in [2.24, 2.45) is 0 Å². The monoisotopic (exact) mass is 234 g/mol. The van der Waals surface area contributed by atoms with Crippen molar-refractivity contribution in [1.29, 1.82) is 0 Å². The number of hydrogen-bond donors (Lipinski definition) is 0. The van der Waals surface area contributed by atoms with Gasteiger partial charge in [-0.2, -0.15) is 0 Å². The Hall–Kier alpha value is -1.34. The van der Waals surface area contributed by atoms with Crippen LogP contribution in [0.15, 0.2) is 48.5 Å². The summed E-state index contributed by atoms with van der Waals surface area (Å²) in [5.41, 5.74) is 2.30. The van der Waals surface area contributed by atoms with E-state index in [9.17, 15) is 4.39 Å². The van der Waals surface area contributed by atoms with E-state index in [2.05, 4.69) is 0 Å². The number of hydrogen-bond acceptors (Lipinski definition) is 0. The summed E-state index contributed by atoms with van der Waals surface area (Å²) < 4.78 is 13.8. The SMILES string of the molecule is CC(Cl)c1ccc(-c2ccccc2)c(F)c1. The van der Waals surface area contributed by atoms with Crippen LogP contribution < -0.4 is 0 Å². The average molecular weight is 235 g/mol. The topological polar surface area (TPSA) is 0 Å². The van der Waals surface area contributed by atoms with Gasteiger partial charge < -0.3 is 0 Å². The van der Waals surface area contributed by atoms with Crippen LogP contribution in [0.3, 0.4) is 0 Å². The lowest BCUT2D eigenvalue weighted by Crippen LogP contribution is -1.89. The van der Waals surface area contributed by atoms with E-state index >= 15 is 0 Å². The van der Waals surface area contributed by atoms with Crippen LogP contribution in [0.25, 0.3) is 11.1 Å². The van der Waals surface area contributed by atoms with Crippen LogP contribution in [0, 0.1) is 5.82 Å². The highest BCUT2D eigenvalue weighted by Gasteiger charge is 2.08. The maximum Gasteiger partial charge on any atom is 0.131 e. The molecule has 0 aliphatic carbocycles. The van der Waals surface area contributed by atoms with E-state index in [4.69, 9.17) is 11.6 Å². The Labute approximate surface area is 99.7 Å². The second-order valence-corrected chi connectivity index (χ2v) is 4.38. The van der Waals surface area contributed by atoms with Crippen LogP contribution in [-0.4, -0.2) is 0 Å². The molecule has 82 valence electrons. The predicted octanol–water partition coefficient (Wildman–Crippen LogP) is 4.79. The molecule has 2 heteroatoms. The van der Waals surface area contributed by atoms with E-state index in [1.807, 2.05) is 43.3 Å². The third kappa shape index (κ3) is 2.25. The Bertz CT molecular complexity index is 477. The lowest BCUT2D eigenvalue weighted by molar-refractivity contribution is 0.629. The molecule has 0 bridgehead atoms.